The quantitative estimate of drug-likeness (QED) is 0.742. The lowest BCUT2D eigenvalue weighted by atomic mass is 10.1. The van der Waals surface area contributed by atoms with Gasteiger partial charge in [0.15, 0.2) is 17.4 Å². The van der Waals surface area contributed by atoms with Gasteiger partial charge in [-0.25, -0.2) is 0 Å². The Kier molecular flexibility index (Phi) is 4.10. The van der Waals surface area contributed by atoms with Crippen LogP contribution in [0.5, 0.6) is 0 Å². The molecule has 0 N–H and O–H groups in total. The van der Waals surface area contributed by atoms with Crippen LogP contribution in [0.3, 0.4) is 0 Å². The van der Waals surface area contributed by atoms with E-state index in [1.807, 2.05) is 6.07 Å². The minimum atomic E-state index is -0.00262. The molecule has 1 aliphatic carbocycles. The monoisotopic (exact) mass is 249 g/mol. The number of ketones is 1. The minimum Gasteiger partial charge on any atom is -0.437 e. The molecule has 1 saturated carbocycles. The van der Waals surface area contributed by atoms with Crippen molar-refractivity contribution in [1.29, 1.82) is 0 Å². The molecular weight excluding hydrogens is 226 g/mol. The number of anilines is 1. The SMILES string of the molecule is CC(=O)c1ccc(N(CC(C)C)C2CCCC2)o1. The van der Waals surface area contributed by atoms with Crippen LogP contribution in [-0.4, -0.2) is 18.4 Å². The molecule has 3 nitrogen and oxygen atoms in total. The maximum atomic E-state index is 11.3. The molecular formula is C15H23NO2. The normalized spacial score (nSPS) is 16.4. The van der Waals surface area contributed by atoms with Gasteiger partial charge >= 0.3 is 0 Å². The van der Waals surface area contributed by atoms with Crippen molar-refractivity contribution >= 4 is 11.7 Å². The van der Waals surface area contributed by atoms with Crippen LogP contribution in [-0.2, 0) is 0 Å². The van der Waals surface area contributed by atoms with Crippen LogP contribution in [0.2, 0.25) is 0 Å². The maximum Gasteiger partial charge on any atom is 0.196 e. The van der Waals surface area contributed by atoms with Gasteiger partial charge in [-0.15, -0.1) is 0 Å². The van der Waals surface area contributed by atoms with Crippen molar-refractivity contribution in [3.63, 3.8) is 0 Å². The molecule has 0 amide bonds. The van der Waals surface area contributed by atoms with Crippen molar-refractivity contribution in [3.05, 3.63) is 17.9 Å². The molecule has 1 fully saturated rings. The minimum absolute atomic E-state index is 0.00262. The Hall–Kier alpha value is -1.25. The van der Waals surface area contributed by atoms with Crippen molar-refractivity contribution < 1.29 is 9.21 Å². The molecule has 0 aliphatic heterocycles. The van der Waals surface area contributed by atoms with Crippen molar-refractivity contribution in [1.82, 2.24) is 0 Å². The summed E-state index contributed by atoms with van der Waals surface area (Å²) in [5, 5.41) is 0. The number of Topliss-reactive ketones (excluding diaryl/α,β-unsaturated/α-hetero) is 1. The lowest BCUT2D eigenvalue weighted by Crippen LogP contribution is -2.36. The molecule has 1 aromatic heterocycles. The van der Waals surface area contributed by atoms with Crippen LogP contribution >= 0.6 is 0 Å². The van der Waals surface area contributed by atoms with Gasteiger partial charge in [0, 0.05) is 25.6 Å². The van der Waals surface area contributed by atoms with Crippen LogP contribution in [0.25, 0.3) is 0 Å². The average Bonchev–Trinajstić information content (AvgIpc) is 2.97. The number of nitrogens with zero attached hydrogens (tertiary/aromatic N) is 1. The summed E-state index contributed by atoms with van der Waals surface area (Å²) >= 11 is 0. The van der Waals surface area contributed by atoms with Gasteiger partial charge in [-0.1, -0.05) is 26.7 Å². The number of carbonyl (C=O) groups is 1. The van der Waals surface area contributed by atoms with E-state index in [1.54, 1.807) is 13.0 Å². The molecule has 0 atom stereocenters. The van der Waals surface area contributed by atoms with E-state index in [0.717, 1.165) is 12.4 Å². The summed E-state index contributed by atoms with van der Waals surface area (Å²) in [4.78, 5) is 13.7. The zero-order chi connectivity index (χ0) is 13.1. The first-order valence-electron chi connectivity index (χ1n) is 6.95. The zero-order valence-corrected chi connectivity index (χ0v) is 11.6. The van der Waals surface area contributed by atoms with E-state index in [1.165, 1.54) is 25.7 Å². The second-order valence-corrected chi connectivity index (χ2v) is 5.68. The van der Waals surface area contributed by atoms with E-state index in [-0.39, 0.29) is 5.78 Å². The highest BCUT2D eigenvalue weighted by atomic mass is 16.4. The molecule has 3 heteroatoms. The number of carbonyl (C=O) groups excluding carboxylic acids is 1. The van der Waals surface area contributed by atoms with Gasteiger partial charge in [0.1, 0.15) is 0 Å². The molecule has 0 radical (unpaired) electrons. The van der Waals surface area contributed by atoms with E-state index < -0.39 is 0 Å². The third-order valence-electron chi connectivity index (χ3n) is 3.55. The second kappa shape index (κ2) is 5.59. The highest BCUT2D eigenvalue weighted by Gasteiger charge is 2.25. The third kappa shape index (κ3) is 2.95. The molecule has 2 rings (SSSR count). The molecule has 1 aromatic rings. The molecule has 0 unspecified atom stereocenters. The molecule has 0 aromatic carbocycles. The summed E-state index contributed by atoms with van der Waals surface area (Å²) in [7, 11) is 0. The largest absolute Gasteiger partial charge is 0.437 e. The average molecular weight is 249 g/mol. The standard InChI is InChI=1S/C15H23NO2/c1-11(2)10-16(13-6-4-5-7-13)15-9-8-14(18-15)12(3)17/h8-9,11,13H,4-7,10H2,1-3H3. The number of hydrogen-bond donors (Lipinski definition) is 0. The summed E-state index contributed by atoms with van der Waals surface area (Å²) in [6.07, 6.45) is 5.09. The molecule has 1 heterocycles. The van der Waals surface area contributed by atoms with Crippen LogP contribution in [0.4, 0.5) is 5.88 Å². The van der Waals surface area contributed by atoms with Gasteiger partial charge in [-0.2, -0.15) is 0 Å². The van der Waals surface area contributed by atoms with Crippen molar-refractivity contribution in [2.45, 2.75) is 52.5 Å². The predicted octanol–water partition coefficient (Wildman–Crippen LogP) is 3.89. The molecule has 0 saturated heterocycles. The highest BCUT2D eigenvalue weighted by Crippen LogP contribution is 2.30. The molecule has 100 valence electrons. The van der Waals surface area contributed by atoms with Crippen molar-refractivity contribution in [2.24, 2.45) is 5.92 Å². The Morgan fingerprint density at radius 1 is 1.39 bits per heavy atom. The van der Waals surface area contributed by atoms with Crippen LogP contribution in [0.1, 0.15) is 57.0 Å². The van der Waals surface area contributed by atoms with E-state index >= 15 is 0 Å². The fraction of sp³-hybridized carbons (Fsp3) is 0.667. The third-order valence-corrected chi connectivity index (χ3v) is 3.55. The molecule has 1 aliphatic rings. The van der Waals surface area contributed by atoms with E-state index in [2.05, 4.69) is 18.7 Å². The lowest BCUT2D eigenvalue weighted by Gasteiger charge is -2.30. The van der Waals surface area contributed by atoms with Gasteiger partial charge < -0.3 is 9.32 Å². The molecule has 0 bridgehead atoms. The Labute approximate surface area is 109 Å². The Bertz CT molecular complexity index is 402. The van der Waals surface area contributed by atoms with Crippen molar-refractivity contribution in [3.8, 4) is 0 Å². The summed E-state index contributed by atoms with van der Waals surface area (Å²) in [6, 6.07) is 4.32. The van der Waals surface area contributed by atoms with Gasteiger partial charge in [-0.05, 0) is 24.8 Å². The first-order chi connectivity index (χ1) is 8.58. The summed E-state index contributed by atoms with van der Waals surface area (Å²) < 4.78 is 5.70. The number of rotatable bonds is 5. The summed E-state index contributed by atoms with van der Waals surface area (Å²) in [5.41, 5.74) is 0. The molecule has 18 heavy (non-hydrogen) atoms. The second-order valence-electron chi connectivity index (χ2n) is 5.68. The fourth-order valence-corrected chi connectivity index (χ4v) is 2.70. The number of furan rings is 1. The number of hydrogen-bond acceptors (Lipinski definition) is 3. The maximum absolute atomic E-state index is 11.3. The van der Waals surface area contributed by atoms with Gasteiger partial charge in [0.2, 0.25) is 0 Å². The summed E-state index contributed by atoms with van der Waals surface area (Å²) in [5.74, 6) is 1.92. The van der Waals surface area contributed by atoms with Crippen LogP contribution in [0.15, 0.2) is 16.5 Å². The summed E-state index contributed by atoms with van der Waals surface area (Å²) in [6.45, 7) is 6.98. The van der Waals surface area contributed by atoms with E-state index in [0.29, 0.717) is 17.7 Å². The van der Waals surface area contributed by atoms with Crippen LogP contribution < -0.4 is 4.90 Å². The highest BCUT2D eigenvalue weighted by molar-refractivity contribution is 5.91. The zero-order valence-electron chi connectivity index (χ0n) is 11.6. The lowest BCUT2D eigenvalue weighted by molar-refractivity contribution is 0.0987. The Balaban J connectivity index is 2.18. The fourth-order valence-electron chi connectivity index (χ4n) is 2.70. The van der Waals surface area contributed by atoms with Gasteiger partial charge in [-0.3, -0.25) is 4.79 Å². The van der Waals surface area contributed by atoms with E-state index in [4.69, 9.17) is 4.42 Å². The molecule has 0 spiro atoms. The predicted molar refractivity (Wildman–Crippen MR) is 73.2 cm³/mol. The van der Waals surface area contributed by atoms with Crippen LogP contribution in [0, 0.1) is 5.92 Å². The Morgan fingerprint density at radius 2 is 2.06 bits per heavy atom. The first-order valence-corrected chi connectivity index (χ1v) is 6.95. The topological polar surface area (TPSA) is 33.5 Å². The van der Waals surface area contributed by atoms with Gasteiger partial charge in [0.05, 0.1) is 0 Å². The van der Waals surface area contributed by atoms with Gasteiger partial charge in [0.25, 0.3) is 0 Å². The smallest absolute Gasteiger partial charge is 0.196 e. The van der Waals surface area contributed by atoms with E-state index in [9.17, 15) is 4.79 Å². The Morgan fingerprint density at radius 3 is 2.56 bits per heavy atom. The van der Waals surface area contributed by atoms with Crippen molar-refractivity contribution in [2.75, 3.05) is 11.4 Å². The first kappa shape index (κ1) is 13.2.